The van der Waals surface area contributed by atoms with Crippen molar-refractivity contribution < 1.29 is 22.3 Å². The SMILES string of the molecule is Cc1cc([C@H]2CN(c3nc(-c4ccc(C(F)(F)F)cc4F)c4nc(C)n(C)c(=O)c4n3)CC(C)(C)O2)ccn1. The molecule has 204 valence electrons. The first-order chi connectivity index (χ1) is 18.2. The number of alkyl halides is 3. The predicted octanol–water partition coefficient (Wildman–Crippen LogP) is 4.92. The lowest BCUT2D eigenvalue weighted by Crippen LogP contribution is -2.50. The van der Waals surface area contributed by atoms with Crippen molar-refractivity contribution in [1.29, 1.82) is 0 Å². The first-order valence-corrected chi connectivity index (χ1v) is 12.2. The summed E-state index contributed by atoms with van der Waals surface area (Å²) in [7, 11) is 1.53. The molecule has 1 aliphatic heterocycles. The number of pyridine rings is 1. The quantitative estimate of drug-likeness (QED) is 0.340. The van der Waals surface area contributed by atoms with Crippen LogP contribution in [0.1, 0.15) is 42.6 Å². The highest BCUT2D eigenvalue weighted by molar-refractivity contribution is 5.89. The molecule has 1 atom stereocenters. The highest BCUT2D eigenvalue weighted by atomic mass is 19.4. The summed E-state index contributed by atoms with van der Waals surface area (Å²) >= 11 is 0. The summed E-state index contributed by atoms with van der Waals surface area (Å²) in [6.45, 7) is 7.93. The summed E-state index contributed by atoms with van der Waals surface area (Å²) in [6, 6.07) is 5.96. The molecule has 0 unspecified atom stereocenters. The molecule has 3 aromatic heterocycles. The molecule has 12 heteroatoms. The Balaban J connectivity index is 1.70. The number of halogens is 4. The first kappa shape index (κ1) is 26.7. The van der Waals surface area contributed by atoms with Gasteiger partial charge in [-0.2, -0.15) is 13.2 Å². The molecule has 1 aromatic carbocycles. The van der Waals surface area contributed by atoms with Crippen molar-refractivity contribution in [2.24, 2.45) is 7.05 Å². The second kappa shape index (κ2) is 9.37. The summed E-state index contributed by atoms with van der Waals surface area (Å²) in [5.41, 5.74) is -0.907. The number of benzene rings is 1. The Morgan fingerprint density at radius 1 is 1.05 bits per heavy atom. The fourth-order valence-corrected chi connectivity index (χ4v) is 4.73. The molecular weight excluding hydrogens is 516 g/mol. The Morgan fingerprint density at radius 2 is 1.79 bits per heavy atom. The molecule has 1 fully saturated rings. The van der Waals surface area contributed by atoms with Crippen LogP contribution in [0.5, 0.6) is 0 Å². The number of ether oxygens (including phenoxy) is 1. The Labute approximate surface area is 221 Å². The van der Waals surface area contributed by atoms with Crippen LogP contribution in [0, 0.1) is 19.7 Å². The standard InChI is InChI=1S/C27H26F4N6O2/c1-14-10-16(8-9-32-14)20-12-37(13-26(3,4)39-20)25-34-21(18-7-6-17(11-19(18)28)27(29,30)31)22-23(35-25)24(38)36(5)15(2)33-22/h6-11,20H,12-13H2,1-5H3/t20-/m1/s1. The predicted molar refractivity (Wildman–Crippen MR) is 137 cm³/mol. The zero-order valence-electron chi connectivity index (χ0n) is 22.0. The van der Waals surface area contributed by atoms with Crippen LogP contribution in [0.3, 0.4) is 0 Å². The molecule has 0 bridgehead atoms. The summed E-state index contributed by atoms with van der Waals surface area (Å²) in [6.07, 6.45) is -3.42. The lowest BCUT2D eigenvalue weighted by Gasteiger charge is -2.43. The van der Waals surface area contributed by atoms with Crippen molar-refractivity contribution in [3.8, 4) is 11.3 Å². The average Bonchev–Trinajstić information content (AvgIpc) is 2.85. The Bertz CT molecular complexity index is 1650. The van der Waals surface area contributed by atoms with E-state index < -0.39 is 28.7 Å². The van der Waals surface area contributed by atoms with E-state index in [9.17, 15) is 18.0 Å². The highest BCUT2D eigenvalue weighted by Gasteiger charge is 2.36. The maximum atomic E-state index is 15.2. The van der Waals surface area contributed by atoms with Crippen LogP contribution in [-0.2, 0) is 18.0 Å². The van der Waals surface area contributed by atoms with Gasteiger partial charge in [0.25, 0.3) is 5.56 Å². The number of hydrogen-bond donors (Lipinski definition) is 0. The van der Waals surface area contributed by atoms with E-state index in [0.717, 1.165) is 23.4 Å². The van der Waals surface area contributed by atoms with E-state index in [4.69, 9.17) is 4.74 Å². The Morgan fingerprint density at radius 3 is 2.46 bits per heavy atom. The highest BCUT2D eigenvalue weighted by Crippen LogP contribution is 2.36. The van der Waals surface area contributed by atoms with Crippen LogP contribution < -0.4 is 10.5 Å². The smallest absolute Gasteiger partial charge is 0.364 e. The van der Waals surface area contributed by atoms with Gasteiger partial charge in [0.05, 0.1) is 17.7 Å². The van der Waals surface area contributed by atoms with Gasteiger partial charge in [-0.3, -0.25) is 14.3 Å². The van der Waals surface area contributed by atoms with Gasteiger partial charge >= 0.3 is 6.18 Å². The summed E-state index contributed by atoms with van der Waals surface area (Å²) < 4.78 is 62.5. The molecule has 1 saturated heterocycles. The number of morpholine rings is 1. The Kier molecular flexibility index (Phi) is 6.41. The molecule has 0 spiro atoms. The molecule has 1 aliphatic rings. The monoisotopic (exact) mass is 542 g/mol. The van der Waals surface area contributed by atoms with Gasteiger partial charge in [0, 0.05) is 31.0 Å². The number of hydrogen-bond acceptors (Lipinski definition) is 7. The molecule has 8 nitrogen and oxygen atoms in total. The molecule has 5 rings (SSSR count). The van der Waals surface area contributed by atoms with Crippen LogP contribution in [-0.4, -0.2) is 43.2 Å². The number of rotatable bonds is 3. The van der Waals surface area contributed by atoms with Gasteiger partial charge in [-0.05, 0) is 63.6 Å². The maximum absolute atomic E-state index is 15.2. The number of aromatic nitrogens is 5. The van der Waals surface area contributed by atoms with E-state index in [0.29, 0.717) is 25.0 Å². The van der Waals surface area contributed by atoms with Crippen molar-refractivity contribution in [3.63, 3.8) is 0 Å². The third kappa shape index (κ3) is 5.08. The second-order valence-electron chi connectivity index (χ2n) is 10.3. The van der Waals surface area contributed by atoms with E-state index in [1.165, 1.54) is 11.6 Å². The first-order valence-electron chi connectivity index (χ1n) is 12.2. The minimum absolute atomic E-state index is 0.00633. The Hall–Kier alpha value is -3.93. The number of anilines is 1. The molecule has 0 saturated carbocycles. The molecule has 0 N–H and O–H groups in total. The molecule has 4 heterocycles. The third-order valence-electron chi connectivity index (χ3n) is 6.68. The minimum atomic E-state index is -4.72. The fourth-order valence-electron chi connectivity index (χ4n) is 4.73. The van der Waals surface area contributed by atoms with Gasteiger partial charge < -0.3 is 9.64 Å². The second-order valence-corrected chi connectivity index (χ2v) is 10.3. The molecule has 0 radical (unpaired) electrons. The molecule has 39 heavy (non-hydrogen) atoms. The molecular formula is C27H26F4N6O2. The molecule has 0 amide bonds. The zero-order chi connectivity index (χ0) is 28.3. The molecule has 0 aliphatic carbocycles. The van der Waals surface area contributed by atoms with E-state index in [-0.39, 0.29) is 34.3 Å². The van der Waals surface area contributed by atoms with Crippen LogP contribution in [0.25, 0.3) is 22.3 Å². The summed E-state index contributed by atoms with van der Waals surface area (Å²) in [5, 5.41) is 0. The summed E-state index contributed by atoms with van der Waals surface area (Å²) in [5.74, 6) is -0.701. The van der Waals surface area contributed by atoms with Crippen LogP contribution in [0.15, 0.2) is 41.3 Å². The normalized spacial score (nSPS) is 17.6. The van der Waals surface area contributed by atoms with Gasteiger partial charge in [-0.25, -0.2) is 19.3 Å². The number of fused-ring (bicyclic) bond motifs is 1. The van der Waals surface area contributed by atoms with Crippen molar-refractivity contribution in [3.05, 3.63) is 75.3 Å². The zero-order valence-corrected chi connectivity index (χ0v) is 22.0. The van der Waals surface area contributed by atoms with Crippen LogP contribution in [0.4, 0.5) is 23.5 Å². The fraction of sp³-hybridized carbons (Fsp3) is 0.370. The largest absolute Gasteiger partial charge is 0.416 e. The van der Waals surface area contributed by atoms with E-state index in [1.54, 1.807) is 13.1 Å². The van der Waals surface area contributed by atoms with Crippen molar-refractivity contribution >= 4 is 17.0 Å². The number of nitrogens with zero attached hydrogens (tertiary/aromatic N) is 6. The van der Waals surface area contributed by atoms with Crippen LogP contribution >= 0.6 is 0 Å². The van der Waals surface area contributed by atoms with Gasteiger partial charge in [-0.15, -0.1) is 0 Å². The van der Waals surface area contributed by atoms with Crippen molar-refractivity contribution in [2.75, 3.05) is 18.0 Å². The van der Waals surface area contributed by atoms with Crippen molar-refractivity contribution in [2.45, 2.75) is 45.6 Å². The number of aryl methyl sites for hydroxylation is 2. The molecule has 4 aromatic rings. The van der Waals surface area contributed by atoms with Gasteiger partial charge in [-0.1, -0.05) is 0 Å². The third-order valence-corrected chi connectivity index (χ3v) is 6.68. The lowest BCUT2D eigenvalue weighted by molar-refractivity contribution is -0.137. The average molecular weight is 543 g/mol. The maximum Gasteiger partial charge on any atom is 0.416 e. The van der Waals surface area contributed by atoms with Gasteiger partial charge in [0.15, 0.2) is 5.52 Å². The van der Waals surface area contributed by atoms with Gasteiger partial charge in [0.2, 0.25) is 5.95 Å². The topological polar surface area (TPSA) is 86.0 Å². The minimum Gasteiger partial charge on any atom is -0.364 e. The van der Waals surface area contributed by atoms with Gasteiger partial charge in [0.1, 0.15) is 29.0 Å². The van der Waals surface area contributed by atoms with Crippen LogP contribution in [0.2, 0.25) is 0 Å². The lowest BCUT2D eigenvalue weighted by atomic mass is 10.0. The van der Waals surface area contributed by atoms with E-state index in [2.05, 4.69) is 19.9 Å². The van der Waals surface area contributed by atoms with Crippen molar-refractivity contribution in [1.82, 2.24) is 24.5 Å². The van der Waals surface area contributed by atoms with E-state index in [1.807, 2.05) is 37.8 Å². The van der Waals surface area contributed by atoms with E-state index >= 15 is 4.39 Å². The summed E-state index contributed by atoms with van der Waals surface area (Å²) in [4.78, 5) is 32.8.